The van der Waals surface area contributed by atoms with Gasteiger partial charge in [0, 0.05) is 12.4 Å². The molecule has 0 aliphatic heterocycles. The Hall–Kier alpha value is -1.98. The molecule has 16 heavy (non-hydrogen) atoms. The molecule has 86 valence electrons. The summed E-state index contributed by atoms with van der Waals surface area (Å²) in [5, 5.41) is 6.21. The minimum Gasteiger partial charge on any atom is -0.396 e. The van der Waals surface area contributed by atoms with Crippen molar-refractivity contribution in [2.45, 2.75) is 6.92 Å². The normalized spacial score (nSPS) is 9.50. The number of halogens is 3. The van der Waals surface area contributed by atoms with Gasteiger partial charge in [-0.05, 0) is 24.6 Å². The fourth-order valence-electron chi connectivity index (χ4n) is 0.971. The lowest BCUT2D eigenvalue weighted by Crippen LogP contribution is -1.99. The SMILES string of the molecule is Cc1cc(N)c(F)c(F)c1F.c1cn[nH]c1. The van der Waals surface area contributed by atoms with Crippen LogP contribution >= 0.6 is 0 Å². The molecule has 0 bridgehead atoms. The van der Waals surface area contributed by atoms with Crippen molar-refractivity contribution in [3.8, 4) is 0 Å². The predicted octanol–water partition coefficient (Wildman–Crippen LogP) is 2.40. The number of H-pyrrole nitrogens is 1. The molecular formula is C10H10F3N3. The molecule has 1 heterocycles. The number of nitrogens with one attached hydrogen (secondary N) is 1. The van der Waals surface area contributed by atoms with Crippen molar-refractivity contribution in [2.24, 2.45) is 0 Å². The lowest BCUT2D eigenvalue weighted by atomic mass is 10.2. The van der Waals surface area contributed by atoms with Crippen LogP contribution in [0, 0.1) is 24.4 Å². The van der Waals surface area contributed by atoms with Gasteiger partial charge < -0.3 is 5.73 Å². The molecule has 1 aromatic heterocycles. The van der Waals surface area contributed by atoms with E-state index in [1.54, 1.807) is 12.4 Å². The second-order valence-electron chi connectivity index (χ2n) is 2.99. The molecule has 2 rings (SSSR count). The molecule has 3 nitrogen and oxygen atoms in total. The van der Waals surface area contributed by atoms with Crippen LogP contribution in [-0.4, -0.2) is 10.2 Å². The van der Waals surface area contributed by atoms with Gasteiger partial charge in [0.15, 0.2) is 17.5 Å². The van der Waals surface area contributed by atoms with Crippen LogP contribution in [0.1, 0.15) is 5.56 Å². The zero-order valence-corrected chi connectivity index (χ0v) is 8.47. The van der Waals surface area contributed by atoms with Crippen molar-refractivity contribution >= 4 is 5.69 Å². The molecule has 0 aliphatic rings. The fourth-order valence-corrected chi connectivity index (χ4v) is 0.971. The molecule has 6 heteroatoms. The van der Waals surface area contributed by atoms with E-state index >= 15 is 0 Å². The van der Waals surface area contributed by atoms with E-state index in [9.17, 15) is 13.2 Å². The van der Waals surface area contributed by atoms with Gasteiger partial charge in [0.25, 0.3) is 0 Å². The third kappa shape index (κ3) is 2.75. The van der Waals surface area contributed by atoms with Crippen molar-refractivity contribution in [1.82, 2.24) is 10.2 Å². The summed E-state index contributed by atoms with van der Waals surface area (Å²) in [5.41, 5.74) is 4.64. The first-order valence-corrected chi connectivity index (χ1v) is 4.37. The van der Waals surface area contributed by atoms with E-state index in [4.69, 9.17) is 5.73 Å². The first-order chi connectivity index (χ1) is 7.54. The monoisotopic (exact) mass is 229 g/mol. The van der Waals surface area contributed by atoms with E-state index in [2.05, 4.69) is 10.2 Å². The van der Waals surface area contributed by atoms with Gasteiger partial charge in [-0.1, -0.05) is 0 Å². The van der Waals surface area contributed by atoms with E-state index in [0.29, 0.717) is 0 Å². The maximum Gasteiger partial charge on any atom is 0.196 e. The number of benzene rings is 1. The Kier molecular flexibility index (Phi) is 3.93. The number of anilines is 1. The lowest BCUT2D eigenvalue weighted by molar-refractivity contribution is 0.446. The Morgan fingerprint density at radius 3 is 2.31 bits per heavy atom. The van der Waals surface area contributed by atoms with Crippen LogP contribution in [0.25, 0.3) is 0 Å². The number of hydrogen-bond acceptors (Lipinski definition) is 2. The molecule has 3 N–H and O–H groups in total. The van der Waals surface area contributed by atoms with Crippen molar-refractivity contribution < 1.29 is 13.2 Å². The van der Waals surface area contributed by atoms with Gasteiger partial charge in [0.1, 0.15) is 0 Å². The largest absolute Gasteiger partial charge is 0.396 e. The van der Waals surface area contributed by atoms with Crippen LogP contribution in [0.3, 0.4) is 0 Å². The van der Waals surface area contributed by atoms with Crippen molar-refractivity contribution in [3.05, 3.63) is 47.5 Å². The molecule has 0 atom stereocenters. The van der Waals surface area contributed by atoms with Crippen LogP contribution in [0.15, 0.2) is 24.5 Å². The van der Waals surface area contributed by atoms with Gasteiger partial charge >= 0.3 is 0 Å². The fraction of sp³-hybridized carbons (Fsp3) is 0.100. The minimum atomic E-state index is -1.51. The molecule has 0 spiro atoms. The summed E-state index contributed by atoms with van der Waals surface area (Å²) < 4.78 is 37.4. The van der Waals surface area contributed by atoms with Crippen molar-refractivity contribution in [3.63, 3.8) is 0 Å². The first kappa shape index (κ1) is 12.1. The Morgan fingerprint density at radius 2 is 1.88 bits per heavy atom. The molecule has 0 aliphatic carbocycles. The highest BCUT2D eigenvalue weighted by Crippen LogP contribution is 2.19. The maximum atomic E-state index is 12.5. The number of hydrogen-bond donors (Lipinski definition) is 2. The van der Waals surface area contributed by atoms with Crippen molar-refractivity contribution in [2.75, 3.05) is 5.73 Å². The molecule has 1 aromatic carbocycles. The Labute approximate surface area is 90.1 Å². The lowest BCUT2D eigenvalue weighted by Gasteiger charge is -2.01. The standard InChI is InChI=1S/C7H6F3N.C3H4N2/c1-3-2-4(11)6(9)7(10)5(3)8;1-2-4-5-3-1/h2H,11H2,1H3;1-3H,(H,4,5). The van der Waals surface area contributed by atoms with E-state index in [0.717, 1.165) is 6.07 Å². The summed E-state index contributed by atoms with van der Waals surface area (Å²) in [5.74, 6) is -4.02. The van der Waals surface area contributed by atoms with Crippen LogP contribution in [-0.2, 0) is 0 Å². The van der Waals surface area contributed by atoms with Gasteiger partial charge in [-0.15, -0.1) is 0 Å². The highest BCUT2D eigenvalue weighted by molar-refractivity contribution is 5.43. The number of nitrogens with two attached hydrogens (primary N) is 1. The van der Waals surface area contributed by atoms with Gasteiger partial charge in [-0.3, -0.25) is 5.10 Å². The van der Waals surface area contributed by atoms with Crippen LogP contribution in [0.5, 0.6) is 0 Å². The number of nitrogen functional groups attached to an aromatic ring is 1. The minimum absolute atomic E-state index is 0.00130. The third-order valence-electron chi connectivity index (χ3n) is 1.76. The Balaban J connectivity index is 0.000000212. The van der Waals surface area contributed by atoms with E-state index in [1.807, 2.05) is 6.07 Å². The van der Waals surface area contributed by atoms with Crippen LogP contribution in [0.4, 0.5) is 18.9 Å². The van der Waals surface area contributed by atoms with Gasteiger partial charge in [-0.25, -0.2) is 13.2 Å². The molecule has 0 saturated heterocycles. The number of aryl methyl sites for hydroxylation is 1. The van der Waals surface area contributed by atoms with Gasteiger partial charge in [-0.2, -0.15) is 5.10 Å². The first-order valence-electron chi connectivity index (χ1n) is 4.37. The summed E-state index contributed by atoms with van der Waals surface area (Å²) >= 11 is 0. The summed E-state index contributed by atoms with van der Waals surface area (Å²) in [6, 6.07) is 2.88. The predicted molar refractivity (Wildman–Crippen MR) is 54.1 cm³/mol. The molecule has 0 saturated carbocycles. The Bertz CT molecular complexity index is 411. The second-order valence-corrected chi connectivity index (χ2v) is 2.99. The van der Waals surface area contributed by atoms with E-state index in [1.165, 1.54) is 6.92 Å². The third-order valence-corrected chi connectivity index (χ3v) is 1.76. The van der Waals surface area contributed by atoms with Crippen LogP contribution < -0.4 is 5.73 Å². The van der Waals surface area contributed by atoms with Crippen LogP contribution in [0.2, 0.25) is 0 Å². The molecule has 0 amide bonds. The zero-order valence-electron chi connectivity index (χ0n) is 8.47. The summed E-state index contributed by atoms with van der Waals surface area (Å²) in [6.45, 7) is 1.31. The quantitative estimate of drug-likeness (QED) is 0.538. The molecule has 2 aromatic rings. The zero-order chi connectivity index (χ0) is 12.1. The smallest absolute Gasteiger partial charge is 0.196 e. The second kappa shape index (κ2) is 5.20. The van der Waals surface area contributed by atoms with Crippen molar-refractivity contribution in [1.29, 1.82) is 0 Å². The average molecular weight is 229 g/mol. The molecule has 0 unspecified atom stereocenters. The average Bonchev–Trinajstić information content (AvgIpc) is 2.82. The molecule has 0 fully saturated rings. The molecular weight excluding hydrogens is 219 g/mol. The number of rotatable bonds is 0. The topological polar surface area (TPSA) is 54.7 Å². The summed E-state index contributed by atoms with van der Waals surface area (Å²) in [7, 11) is 0. The molecule has 0 radical (unpaired) electrons. The number of nitrogens with zero attached hydrogens (tertiary/aromatic N) is 1. The van der Waals surface area contributed by atoms with Gasteiger partial charge in [0.2, 0.25) is 0 Å². The van der Waals surface area contributed by atoms with Gasteiger partial charge in [0.05, 0.1) is 5.69 Å². The Morgan fingerprint density at radius 1 is 1.19 bits per heavy atom. The highest BCUT2D eigenvalue weighted by Gasteiger charge is 2.13. The van der Waals surface area contributed by atoms with E-state index in [-0.39, 0.29) is 11.3 Å². The highest BCUT2D eigenvalue weighted by atomic mass is 19.2. The number of aromatic amines is 1. The number of aromatic nitrogens is 2. The summed E-state index contributed by atoms with van der Waals surface area (Å²) in [6.07, 6.45) is 3.46. The summed E-state index contributed by atoms with van der Waals surface area (Å²) in [4.78, 5) is 0. The maximum absolute atomic E-state index is 12.5. The van der Waals surface area contributed by atoms with E-state index < -0.39 is 17.5 Å².